The third-order valence-electron chi connectivity index (χ3n) is 2.05. The van der Waals surface area contributed by atoms with Crippen LogP contribution in [0.15, 0.2) is 36.8 Å². The number of anilines is 1. The molecular formula is C11H12N4O. The number of ether oxygens (including phenoxy) is 1. The maximum atomic E-state index is 5.14. The number of rotatable bonds is 4. The number of hydrogen-bond acceptors (Lipinski definition) is 5. The van der Waals surface area contributed by atoms with Crippen LogP contribution >= 0.6 is 0 Å². The quantitative estimate of drug-likeness (QED) is 0.839. The Morgan fingerprint density at radius 2 is 1.88 bits per heavy atom. The number of pyridine rings is 1. The van der Waals surface area contributed by atoms with Gasteiger partial charge in [-0.3, -0.25) is 0 Å². The minimum absolute atomic E-state index is 0.584. The first-order valence-corrected chi connectivity index (χ1v) is 4.89. The average Bonchev–Trinajstić information content (AvgIpc) is 2.38. The molecule has 16 heavy (non-hydrogen) atoms. The second kappa shape index (κ2) is 5.06. The number of nitrogens with zero attached hydrogens (tertiary/aromatic N) is 3. The van der Waals surface area contributed by atoms with E-state index in [0.717, 1.165) is 5.56 Å². The summed E-state index contributed by atoms with van der Waals surface area (Å²) in [7, 11) is 1.60. The number of nitrogens with one attached hydrogen (secondary N) is 1. The SMILES string of the molecule is COc1ncccc1CNc1ncccn1. The topological polar surface area (TPSA) is 59.9 Å². The van der Waals surface area contributed by atoms with Crippen molar-refractivity contribution in [2.75, 3.05) is 12.4 Å². The lowest BCUT2D eigenvalue weighted by Gasteiger charge is -2.07. The largest absolute Gasteiger partial charge is 0.481 e. The Balaban J connectivity index is 2.05. The van der Waals surface area contributed by atoms with Gasteiger partial charge in [-0.1, -0.05) is 6.07 Å². The van der Waals surface area contributed by atoms with Gasteiger partial charge in [-0.05, 0) is 12.1 Å². The Labute approximate surface area is 93.5 Å². The van der Waals surface area contributed by atoms with Gasteiger partial charge in [0.25, 0.3) is 0 Å². The van der Waals surface area contributed by atoms with Gasteiger partial charge in [0, 0.05) is 30.7 Å². The highest BCUT2D eigenvalue weighted by Gasteiger charge is 2.02. The van der Waals surface area contributed by atoms with Gasteiger partial charge in [-0.15, -0.1) is 0 Å². The predicted molar refractivity (Wildman–Crippen MR) is 60.1 cm³/mol. The number of methoxy groups -OCH3 is 1. The first kappa shape index (κ1) is 10.4. The molecule has 0 aliphatic carbocycles. The fraction of sp³-hybridized carbons (Fsp3) is 0.182. The molecule has 0 radical (unpaired) electrons. The van der Waals surface area contributed by atoms with Gasteiger partial charge in [-0.25, -0.2) is 15.0 Å². The van der Waals surface area contributed by atoms with E-state index in [9.17, 15) is 0 Å². The minimum atomic E-state index is 0.584. The van der Waals surface area contributed by atoms with Crippen LogP contribution in [-0.4, -0.2) is 22.1 Å². The molecule has 2 aromatic heterocycles. The summed E-state index contributed by atoms with van der Waals surface area (Å²) >= 11 is 0. The van der Waals surface area contributed by atoms with Crippen molar-refractivity contribution in [3.05, 3.63) is 42.4 Å². The van der Waals surface area contributed by atoms with Crippen LogP contribution < -0.4 is 10.1 Å². The fourth-order valence-corrected chi connectivity index (χ4v) is 1.31. The third kappa shape index (κ3) is 2.44. The number of hydrogen-bond donors (Lipinski definition) is 1. The van der Waals surface area contributed by atoms with Crippen molar-refractivity contribution in [1.29, 1.82) is 0 Å². The zero-order valence-electron chi connectivity index (χ0n) is 8.92. The third-order valence-corrected chi connectivity index (χ3v) is 2.05. The van der Waals surface area contributed by atoms with Crippen LogP contribution in [0.5, 0.6) is 5.88 Å². The standard InChI is InChI=1S/C11H12N4O/c1-16-10-9(4-2-5-12-10)8-15-11-13-6-3-7-14-11/h2-7H,8H2,1H3,(H,13,14,15). The van der Waals surface area contributed by atoms with Crippen molar-refractivity contribution in [1.82, 2.24) is 15.0 Å². The van der Waals surface area contributed by atoms with Gasteiger partial charge in [0.15, 0.2) is 0 Å². The highest BCUT2D eigenvalue weighted by atomic mass is 16.5. The smallest absolute Gasteiger partial charge is 0.222 e. The molecule has 0 amide bonds. The molecule has 82 valence electrons. The lowest BCUT2D eigenvalue weighted by Crippen LogP contribution is -2.05. The summed E-state index contributed by atoms with van der Waals surface area (Å²) in [6.45, 7) is 0.584. The summed E-state index contributed by atoms with van der Waals surface area (Å²) < 4.78 is 5.14. The van der Waals surface area contributed by atoms with E-state index in [0.29, 0.717) is 18.4 Å². The van der Waals surface area contributed by atoms with E-state index in [1.165, 1.54) is 0 Å². The molecule has 0 spiro atoms. The molecule has 2 rings (SSSR count). The first-order chi connectivity index (χ1) is 7.90. The molecule has 0 aliphatic rings. The molecule has 2 aromatic rings. The van der Waals surface area contributed by atoms with Crippen molar-refractivity contribution < 1.29 is 4.74 Å². The first-order valence-electron chi connectivity index (χ1n) is 4.89. The van der Waals surface area contributed by atoms with Crippen LogP contribution in [-0.2, 0) is 6.54 Å². The molecule has 0 aliphatic heterocycles. The van der Waals surface area contributed by atoms with Crippen LogP contribution in [0.25, 0.3) is 0 Å². The zero-order valence-corrected chi connectivity index (χ0v) is 8.92. The van der Waals surface area contributed by atoms with Gasteiger partial charge in [0.05, 0.1) is 7.11 Å². The fourth-order valence-electron chi connectivity index (χ4n) is 1.31. The Morgan fingerprint density at radius 1 is 1.12 bits per heavy atom. The number of aromatic nitrogens is 3. The Hall–Kier alpha value is -2.17. The molecule has 0 fully saturated rings. The Bertz CT molecular complexity index is 447. The molecule has 2 heterocycles. The van der Waals surface area contributed by atoms with Crippen molar-refractivity contribution >= 4 is 5.95 Å². The van der Waals surface area contributed by atoms with Crippen molar-refractivity contribution in [2.45, 2.75) is 6.54 Å². The van der Waals surface area contributed by atoms with Gasteiger partial charge in [0.2, 0.25) is 11.8 Å². The lowest BCUT2D eigenvalue weighted by atomic mass is 10.3. The van der Waals surface area contributed by atoms with E-state index >= 15 is 0 Å². The summed E-state index contributed by atoms with van der Waals surface area (Å²) in [6, 6.07) is 5.59. The molecule has 0 saturated heterocycles. The van der Waals surface area contributed by atoms with Crippen molar-refractivity contribution in [3.63, 3.8) is 0 Å². The van der Waals surface area contributed by atoms with Crippen LogP contribution in [0.1, 0.15) is 5.56 Å². The van der Waals surface area contributed by atoms with E-state index < -0.39 is 0 Å². The summed E-state index contributed by atoms with van der Waals surface area (Å²) in [5.74, 6) is 1.21. The van der Waals surface area contributed by atoms with Crippen molar-refractivity contribution in [2.24, 2.45) is 0 Å². The summed E-state index contributed by atoms with van der Waals surface area (Å²) in [4.78, 5) is 12.2. The molecule has 0 bridgehead atoms. The van der Waals surface area contributed by atoms with Crippen LogP contribution in [0.3, 0.4) is 0 Å². The minimum Gasteiger partial charge on any atom is -0.481 e. The van der Waals surface area contributed by atoms with Gasteiger partial charge >= 0.3 is 0 Å². The molecule has 1 N–H and O–H groups in total. The van der Waals surface area contributed by atoms with Crippen LogP contribution in [0.4, 0.5) is 5.95 Å². The molecule has 0 saturated carbocycles. The maximum Gasteiger partial charge on any atom is 0.222 e. The Morgan fingerprint density at radius 3 is 2.62 bits per heavy atom. The summed E-state index contributed by atoms with van der Waals surface area (Å²) in [5, 5.41) is 3.09. The zero-order chi connectivity index (χ0) is 11.2. The Kier molecular flexibility index (Phi) is 3.28. The maximum absolute atomic E-state index is 5.14. The van der Waals surface area contributed by atoms with E-state index in [4.69, 9.17) is 4.74 Å². The lowest BCUT2D eigenvalue weighted by molar-refractivity contribution is 0.393. The van der Waals surface area contributed by atoms with E-state index in [2.05, 4.69) is 20.3 Å². The molecule has 5 heteroatoms. The van der Waals surface area contributed by atoms with E-state index in [1.807, 2.05) is 12.1 Å². The average molecular weight is 216 g/mol. The predicted octanol–water partition coefficient (Wildman–Crippen LogP) is 1.49. The van der Waals surface area contributed by atoms with E-state index in [1.54, 1.807) is 31.8 Å². The summed E-state index contributed by atoms with van der Waals surface area (Å²) in [6.07, 6.45) is 5.08. The highest BCUT2D eigenvalue weighted by molar-refractivity contribution is 5.31. The van der Waals surface area contributed by atoms with Crippen molar-refractivity contribution in [3.8, 4) is 5.88 Å². The van der Waals surface area contributed by atoms with Crippen LogP contribution in [0, 0.1) is 0 Å². The second-order valence-corrected chi connectivity index (χ2v) is 3.10. The normalized spacial score (nSPS) is 9.81. The highest BCUT2D eigenvalue weighted by Crippen LogP contribution is 2.14. The van der Waals surface area contributed by atoms with Gasteiger partial charge < -0.3 is 10.1 Å². The second-order valence-electron chi connectivity index (χ2n) is 3.10. The van der Waals surface area contributed by atoms with Gasteiger partial charge in [0.1, 0.15) is 0 Å². The molecule has 0 unspecified atom stereocenters. The molecule has 0 aromatic carbocycles. The molecular weight excluding hydrogens is 204 g/mol. The van der Waals surface area contributed by atoms with Gasteiger partial charge in [-0.2, -0.15) is 0 Å². The summed E-state index contributed by atoms with van der Waals surface area (Å²) in [5.41, 5.74) is 0.970. The van der Waals surface area contributed by atoms with E-state index in [-0.39, 0.29) is 0 Å². The molecule has 5 nitrogen and oxygen atoms in total. The monoisotopic (exact) mass is 216 g/mol. The van der Waals surface area contributed by atoms with Crippen LogP contribution in [0.2, 0.25) is 0 Å². The molecule has 0 atom stereocenters.